The van der Waals surface area contributed by atoms with Gasteiger partial charge in [-0.25, -0.2) is 0 Å². The summed E-state index contributed by atoms with van der Waals surface area (Å²) in [5, 5.41) is 45.3. The summed E-state index contributed by atoms with van der Waals surface area (Å²) >= 11 is 0. The van der Waals surface area contributed by atoms with Crippen LogP contribution in [0.3, 0.4) is 0 Å². The van der Waals surface area contributed by atoms with Crippen LogP contribution in [0.4, 0.5) is 0 Å². The third kappa shape index (κ3) is 32.3. The Labute approximate surface area is 860 Å². The van der Waals surface area contributed by atoms with E-state index in [0.29, 0.717) is 57.9 Å². The van der Waals surface area contributed by atoms with E-state index in [1.165, 1.54) is 0 Å². The lowest BCUT2D eigenvalue weighted by atomic mass is 9.92. The lowest BCUT2D eigenvalue weighted by molar-refractivity contribution is -0.121. The molecule has 6 amide bonds. The van der Waals surface area contributed by atoms with E-state index in [2.05, 4.69) is 183 Å². The average molecular weight is 1950 g/mol. The maximum Gasteiger partial charge on any atom is 0.226 e. The van der Waals surface area contributed by atoms with E-state index in [9.17, 15) is 39.0 Å². The largest absolute Gasteiger partial charge is 0.396 e. The highest BCUT2D eigenvalue weighted by Gasteiger charge is 2.23. The van der Waals surface area contributed by atoms with Gasteiger partial charge >= 0.3 is 0 Å². The Morgan fingerprint density at radius 2 is 0.589 bits per heavy atom. The number of carbonyl (C=O) groups is 6. The first-order valence-corrected chi connectivity index (χ1v) is 51.9. The highest BCUT2D eigenvalue weighted by atomic mass is 16.3. The second-order valence-corrected chi connectivity index (χ2v) is 36.3. The number of aromatic nitrogens is 6. The van der Waals surface area contributed by atoms with Gasteiger partial charge in [-0.1, -0.05) is 359 Å². The maximum atomic E-state index is 12.5. The first-order chi connectivity index (χ1) is 71.6. The van der Waals surface area contributed by atoms with Gasteiger partial charge in [-0.05, 0) is 171 Å². The molecule has 6 aromatic heterocycles. The number of aliphatic hydroxyl groups excluding tert-OH is 2. The van der Waals surface area contributed by atoms with Gasteiger partial charge in [-0.2, -0.15) is 0 Å². The van der Waals surface area contributed by atoms with Crippen molar-refractivity contribution in [2.24, 2.45) is 0 Å². The highest BCUT2D eigenvalue weighted by Crippen LogP contribution is 2.39. The number of amides is 6. The average Bonchev–Trinajstić information content (AvgIpc) is 0.781. The quantitative estimate of drug-likeness (QED) is 0.0166. The molecule has 20 heteroatoms. The van der Waals surface area contributed by atoms with Crippen molar-refractivity contribution >= 4 is 101 Å². The monoisotopic (exact) mass is 1950 g/mol. The van der Waals surface area contributed by atoms with E-state index < -0.39 is 0 Å². The molecule has 752 valence electrons. The first-order valence-electron chi connectivity index (χ1n) is 51.9. The van der Waals surface area contributed by atoms with Crippen molar-refractivity contribution < 1.29 is 39.0 Å². The number of rotatable bonds is 40. The summed E-state index contributed by atoms with van der Waals surface area (Å²) in [7, 11) is 0. The molecule has 0 aliphatic rings. The van der Waals surface area contributed by atoms with Gasteiger partial charge in [-0.3, -0.25) is 58.7 Å². The molecule has 0 saturated carbocycles. The van der Waals surface area contributed by atoms with E-state index in [-0.39, 0.29) is 48.7 Å². The van der Waals surface area contributed by atoms with Gasteiger partial charge in [0.15, 0.2) is 0 Å². The van der Waals surface area contributed by atoms with Gasteiger partial charge in [0, 0.05) is 127 Å². The van der Waals surface area contributed by atoms with E-state index >= 15 is 0 Å². The number of hydrogen-bond acceptors (Lipinski definition) is 14. The number of nitrogens with zero attached hydrogens (tertiary/aromatic N) is 6. The molecule has 17 rings (SSSR count). The summed E-state index contributed by atoms with van der Waals surface area (Å²) < 4.78 is 0. The minimum atomic E-state index is 0.0216. The molecule has 6 heterocycles. The number of para-hydroxylation sites is 4. The smallest absolute Gasteiger partial charge is 0.226 e. The summed E-state index contributed by atoms with van der Waals surface area (Å²) in [6.07, 6.45) is 25.9. The minimum absolute atomic E-state index is 0.0216. The molecular weight excluding hydrogens is 1810 g/mol. The predicted molar refractivity (Wildman–Crippen MR) is 598 cm³/mol. The van der Waals surface area contributed by atoms with Gasteiger partial charge in [-0.15, -0.1) is 0 Å². The second-order valence-electron chi connectivity index (χ2n) is 36.3. The van der Waals surface area contributed by atoms with Gasteiger partial charge in [0.2, 0.25) is 35.4 Å². The number of aryl methyl sites for hydroxylation is 1. The summed E-state index contributed by atoms with van der Waals surface area (Å²) in [6, 6.07) is 97.4. The molecule has 11 aromatic carbocycles. The van der Waals surface area contributed by atoms with E-state index in [4.69, 9.17) is 4.98 Å². The van der Waals surface area contributed by atoms with Crippen molar-refractivity contribution in [3.05, 3.63) is 373 Å². The van der Waals surface area contributed by atoms with Crippen LogP contribution >= 0.6 is 0 Å². The van der Waals surface area contributed by atoms with Crippen LogP contribution in [0.25, 0.3) is 121 Å². The van der Waals surface area contributed by atoms with E-state index in [0.717, 1.165) is 287 Å². The number of nitrogens with one attached hydrogen (secondary N) is 6. The fourth-order valence-electron chi connectivity index (χ4n) is 17.7. The molecule has 20 nitrogen and oxygen atoms in total. The second kappa shape index (κ2) is 59.6. The molecule has 0 atom stereocenters. The Balaban J connectivity index is 0.000000156. The van der Waals surface area contributed by atoms with Gasteiger partial charge in [0.25, 0.3) is 0 Å². The van der Waals surface area contributed by atoms with Crippen LogP contribution in [0.2, 0.25) is 0 Å². The SMILES string of the molecule is CCCCCNC(=O)Cc1cnc2c(CCO)cccc2c1-c1ccccc1.CCCCNC(=O)Cc1c(C)nc2ccccc2c1-c1ccccc1.CCCCNC(=O)Cc1cc2ccccc2cn1.CCCCNC(=O)Cc1cnc2c(CCO)cccc2c1-c1ccccc1.CCCCNC(=O)Cc1cnc2ccccc2c1-c1ccccc1.CCCCNC(=O)Cc1ncc2ccccc2c1-c1ccccc1. The Kier molecular flexibility index (Phi) is 44.7. The maximum absolute atomic E-state index is 12.5. The van der Waals surface area contributed by atoms with Crippen LogP contribution in [0.15, 0.2) is 322 Å². The topological polar surface area (TPSA) is 292 Å². The molecule has 146 heavy (non-hydrogen) atoms. The fourth-order valence-corrected chi connectivity index (χ4v) is 17.7. The number of benzene rings is 11. The van der Waals surface area contributed by atoms with Crippen LogP contribution in [0, 0.1) is 6.92 Å². The molecule has 0 aliphatic heterocycles. The standard InChI is InChI=1S/C24H28N2O2.C23H26N2O2.C22H24N2O.2C21H22N2O.C15H18N2O/c1-2-3-7-14-25-22(28)16-20-17-26-24-19(13-15-27)11-8-12-21(24)23(20)18-9-5-4-6-10-18;1-2-3-13-24-21(27)15-19-16-25-23-18(12-14-26)10-7-11-20(23)22(19)17-8-5-4-6-9-17;1-3-4-14-23-21(25)15-19-16(2)24-20-13-9-8-12-18(20)22(19)17-10-6-5-7-11-17;1-2-3-13-22-20(24)14-17-15-23-19-12-8-7-11-18(19)21(17)16-9-5-4-6-10-16;1-2-3-13-22-20(24)14-19-21(16-9-5-4-6-10-16)18-12-8-7-11-17(18)15-23-19;1-2-3-8-16-15(18)10-14-9-12-6-4-5-7-13(12)11-17-14/h4-6,8-12,17,27H,2-3,7,13-16H2,1H3,(H,25,28);4-11,16,26H,2-3,12-15H2,1H3,(H,24,27);5-13H,3-4,14-15H2,1-2H3,(H,23,25);2*4-12,15H,2-3,13-14H2,1H3,(H,22,24);4-7,9,11H,2-3,8,10H2,1H3,(H,16,18). The lowest BCUT2D eigenvalue weighted by Gasteiger charge is -2.16. The lowest BCUT2D eigenvalue weighted by Crippen LogP contribution is -2.26. The van der Waals surface area contributed by atoms with Gasteiger partial charge in [0.05, 0.1) is 72.0 Å². The zero-order valence-corrected chi connectivity index (χ0v) is 85.6. The molecule has 0 fully saturated rings. The van der Waals surface area contributed by atoms with E-state index in [1.807, 2.05) is 244 Å². The van der Waals surface area contributed by atoms with Crippen LogP contribution in [-0.4, -0.2) is 128 Å². The number of aliphatic hydroxyl groups is 2. The van der Waals surface area contributed by atoms with Crippen molar-refractivity contribution in [2.75, 3.05) is 52.5 Å². The van der Waals surface area contributed by atoms with Gasteiger partial charge in [0.1, 0.15) is 0 Å². The first kappa shape index (κ1) is 109. The van der Waals surface area contributed by atoms with Crippen molar-refractivity contribution in [1.29, 1.82) is 0 Å². The number of unbranched alkanes of at least 4 members (excludes halogenated alkanes) is 7. The molecule has 0 bridgehead atoms. The fraction of sp³-hybridized carbons (Fsp3) is 0.286. The molecular formula is C126H140N12O8. The van der Waals surface area contributed by atoms with Crippen LogP contribution in [-0.2, 0) is 80.1 Å². The van der Waals surface area contributed by atoms with Crippen molar-refractivity contribution in [3.8, 4) is 55.6 Å². The number of hydrogen-bond donors (Lipinski definition) is 8. The number of carbonyl (C=O) groups excluding carboxylic acids is 6. The Morgan fingerprint density at radius 1 is 0.260 bits per heavy atom. The minimum Gasteiger partial charge on any atom is -0.396 e. The summed E-state index contributed by atoms with van der Waals surface area (Å²) in [4.78, 5) is 101. The van der Waals surface area contributed by atoms with Crippen molar-refractivity contribution in [3.63, 3.8) is 0 Å². The van der Waals surface area contributed by atoms with Crippen molar-refractivity contribution in [1.82, 2.24) is 61.8 Å². The molecule has 0 saturated heterocycles. The number of pyridine rings is 6. The summed E-state index contributed by atoms with van der Waals surface area (Å²) in [6.45, 7) is 19.3. The van der Waals surface area contributed by atoms with Crippen LogP contribution in [0.5, 0.6) is 0 Å². The Morgan fingerprint density at radius 3 is 1.03 bits per heavy atom. The predicted octanol–water partition coefficient (Wildman–Crippen LogP) is 24.3. The summed E-state index contributed by atoms with van der Waals surface area (Å²) in [5.74, 6) is 0.243. The van der Waals surface area contributed by atoms with Crippen molar-refractivity contribution in [2.45, 2.75) is 183 Å². The third-order valence-corrected chi connectivity index (χ3v) is 25.2. The highest BCUT2D eigenvalue weighted by molar-refractivity contribution is 6.04. The third-order valence-electron chi connectivity index (χ3n) is 25.2. The normalized spacial score (nSPS) is 10.8. The molecule has 0 spiro atoms. The van der Waals surface area contributed by atoms with Crippen LogP contribution < -0.4 is 31.9 Å². The Hall–Kier alpha value is -15.4. The molecule has 0 radical (unpaired) electrons. The Bertz CT molecular complexity index is 6910. The molecule has 17 aromatic rings. The number of fused-ring (bicyclic) bond motifs is 6. The van der Waals surface area contributed by atoms with Crippen LogP contribution in [0.1, 0.15) is 175 Å². The molecule has 0 unspecified atom stereocenters. The van der Waals surface area contributed by atoms with E-state index in [1.54, 1.807) is 0 Å². The molecule has 8 N–H and O–H groups in total. The van der Waals surface area contributed by atoms with Gasteiger partial charge < -0.3 is 42.1 Å². The summed E-state index contributed by atoms with van der Waals surface area (Å²) in [5.41, 5.74) is 23.0. The molecule has 0 aliphatic carbocycles. The zero-order valence-electron chi connectivity index (χ0n) is 85.6. The zero-order chi connectivity index (χ0) is 103.